The van der Waals surface area contributed by atoms with Gasteiger partial charge in [-0.15, -0.1) is 0 Å². The number of aryl methyl sites for hydroxylation is 1. The first-order valence-electron chi connectivity index (χ1n) is 7.86. The number of hydrogen-bond donors (Lipinski definition) is 2. The van der Waals surface area contributed by atoms with Crippen LogP contribution in [-0.2, 0) is 6.54 Å². The van der Waals surface area contributed by atoms with E-state index in [0.29, 0.717) is 18.2 Å². The molecule has 1 saturated heterocycles. The number of amides is 2. The maximum Gasteiger partial charge on any atom is 0.319 e. The van der Waals surface area contributed by atoms with Gasteiger partial charge in [0, 0.05) is 44.3 Å². The SMILES string of the molecule is CCn1cc(NC(=O)N[C@H]2CCCN(c3ncccn3)C2)cn1. The third kappa shape index (κ3) is 3.97. The molecule has 0 spiro atoms. The Bertz CT molecular complexity index is 642. The summed E-state index contributed by atoms with van der Waals surface area (Å²) in [5, 5.41) is 9.96. The Kier molecular flexibility index (Phi) is 4.70. The van der Waals surface area contributed by atoms with Crippen molar-refractivity contribution in [2.24, 2.45) is 0 Å². The number of anilines is 2. The van der Waals surface area contributed by atoms with Gasteiger partial charge in [0.1, 0.15) is 0 Å². The first-order valence-corrected chi connectivity index (χ1v) is 7.86. The minimum absolute atomic E-state index is 0.0776. The third-order valence-corrected chi connectivity index (χ3v) is 3.81. The Morgan fingerprint density at radius 1 is 1.39 bits per heavy atom. The van der Waals surface area contributed by atoms with Crippen molar-refractivity contribution in [3.63, 3.8) is 0 Å². The molecule has 2 amide bonds. The van der Waals surface area contributed by atoms with Gasteiger partial charge in [-0.2, -0.15) is 5.10 Å². The second-order valence-corrected chi connectivity index (χ2v) is 5.52. The van der Waals surface area contributed by atoms with Crippen LogP contribution in [0.5, 0.6) is 0 Å². The highest BCUT2D eigenvalue weighted by atomic mass is 16.2. The molecular weight excluding hydrogens is 294 g/mol. The molecular formula is C15H21N7O. The molecule has 2 aromatic rings. The van der Waals surface area contributed by atoms with Crippen molar-refractivity contribution in [3.8, 4) is 0 Å². The van der Waals surface area contributed by atoms with E-state index in [2.05, 4.69) is 30.6 Å². The molecule has 3 rings (SSSR count). The molecule has 0 saturated carbocycles. The fourth-order valence-electron chi connectivity index (χ4n) is 2.68. The van der Waals surface area contributed by atoms with E-state index in [9.17, 15) is 4.79 Å². The number of urea groups is 1. The Balaban J connectivity index is 1.54. The molecule has 0 radical (unpaired) electrons. The number of rotatable bonds is 4. The van der Waals surface area contributed by atoms with Gasteiger partial charge in [-0.25, -0.2) is 14.8 Å². The van der Waals surface area contributed by atoms with Crippen LogP contribution in [0.4, 0.5) is 16.4 Å². The van der Waals surface area contributed by atoms with Gasteiger partial charge in [0.2, 0.25) is 5.95 Å². The zero-order valence-corrected chi connectivity index (χ0v) is 13.1. The Morgan fingerprint density at radius 2 is 2.22 bits per heavy atom. The molecule has 1 aliphatic rings. The molecule has 0 unspecified atom stereocenters. The van der Waals surface area contributed by atoms with Crippen LogP contribution in [-0.4, -0.2) is 44.9 Å². The summed E-state index contributed by atoms with van der Waals surface area (Å²) in [6.45, 7) is 4.40. The summed E-state index contributed by atoms with van der Waals surface area (Å²) in [6, 6.07) is 1.67. The van der Waals surface area contributed by atoms with E-state index in [1.807, 2.05) is 13.1 Å². The molecule has 0 bridgehead atoms. The molecule has 23 heavy (non-hydrogen) atoms. The van der Waals surface area contributed by atoms with Crippen molar-refractivity contribution >= 4 is 17.7 Å². The highest BCUT2D eigenvalue weighted by Gasteiger charge is 2.23. The molecule has 3 heterocycles. The predicted molar refractivity (Wildman–Crippen MR) is 87.3 cm³/mol. The minimum Gasteiger partial charge on any atom is -0.339 e. The van der Waals surface area contributed by atoms with E-state index < -0.39 is 0 Å². The molecule has 0 aliphatic carbocycles. The molecule has 2 N–H and O–H groups in total. The molecule has 122 valence electrons. The van der Waals surface area contributed by atoms with Crippen molar-refractivity contribution < 1.29 is 4.79 Å². The van der Waals surface area contributed by atoms with E-state index in [0.717, 1.165) is 25.9 Å². The summed E-state index contributed by atoms with van der Waals surface area (Å²) in [6.07, 6.45) is 8.87. The van der Waals surface area contributed by atoms with Gasteiger partial charge in [-0.05, 0) is 25.8 Å². The minimum atomic E-state index is -0.207. The summed E-state index contributed by atoms with van der Waals surface area (Å²) < 4.78 is 1.77. The van der Waals surface area contributed by atoms with Gasteiger partial charge in [-0.3, -0.25) is 4.68 Å². The van der Waals surface area contributed by atoms with Crippen LogP contribution in [0, 0.1) is 0 Å². The fraction of sp³-hybridized carbons (Fsp3) is 0.467. The standard InChI is InChI=1S/C15H21N7O/c1-2-22-11-13(9-18-22)20-15(23)19-12-5-3-8-21(10-12)14-16-6-4-7-17-14/h4,6-7,9,11-12H,2-3,5,8,10H2,1H3,(H2,19,20,23)/t12-/m0/s1. The lowest BCUT2D eigenvalue weighted by Crippen LogP contribution is -2.49. The molecule has 0 aromatic carbocycles. The zero-order valence-electron chi connectivity index (χ0n) is 13.1. The lowest BCUT2D eigenvalue weighted by atomic mass is 10.1. The lowest BCUT2D eigenvalue weighted by molar-refractivity contribution is 0.246. The zero-order chi connectivity index (χ0) is 16.1. The van der Waals surface area contributed by atoms with Crippen LogP contribution in [0.25, 0.3) is 0 Å². The molecule has 1 aliphatic heterocycles. The van der Waals surface area contributed by atoms with Crippen molar-refractivity contribution in [2.75, 3.05) is 23.3 Å². The maximum absolute atomic E-state index is 12.1. The van der Waals surface area contributed by atoms with Gasteiger partial charge in [0.15, 0.2) is 0 Å². The van der Waals surface area contributed by atoms with Gasteiger partial charge in [0.05, 0.1) is 11.9 Å². The van der Waals surface area contributed by atoms with E-state index in [-0.39, 0.29) is 12.1 Å². The normalized spacial score (nSPS) is 17.8. The lowest BCUT2D eigenvalue weighted by Gasteiger charge is -2.33. The Hall–Kier alpha value is -2.64. The van der Waals surface area contributed by atoms with Crippen molar-refractivity contribution in [3.05, 3.63) is 30.9 Å². The monoisotopic (exact) mass is 315 g/mol. The second kappa shape index (κ2) is 7.08. The maximum atomic E-state index is 12.1. The number of carbonyl (C=O) groups is 1. The van der Waals surface area contributed by atoms with Gasteiger partial charge in [0.25, 0.3) is 0 Å². The summed E-state index contributed by atoms with van der Waals surface area (Å²) in [7, 11) is 0. The Labute approximate surface area is 134 Å². The van der Waals surface area contributed by atoms with Crippen molar-refractivity contribution in [2.45, 2.75) is 32.4 Å². The number of piperidine rings is 1. The van der Waals surface area contributed by atoms with E-state index >= 15 is 0 Å². The average Bonchev–Trinajstić information content (AvgIpc) is 3.03. The van der Waals surface area contributed by atoms with E-state index in [1.54, 1.807) is 29.3 Å². The second-order valence-electron chi connectivity index (χ2n) is 5.52. The summed E-state index contributed by atoms with van der Waals surface area (Å²) in [4.78, 5) is 22.8. The van der Waals surface area contributed by atoms with E-state index in [4.69, 9.17) is 0 Å². The van der Waals surface area contributed by atoms with E-state index in [1.165, 1.54) is 0 Å². The highest BCUT2D eigenvalue weighted by molar-refractivity contribution is 5.89. The number of hydrogen-bond acceptors (Lipinski definition) is 5. The first kappa shape index (κ1) is 15.3. The number of nitrogens with zero attached hydrogens (tertiary/aromatic N) is 5. The first-order chi connectivity index (χ1) is 11.2. The van der Waals surface area contributed by atoms with Crippen LogP contribution < -0.4 is 15.5 Å². The molecule has 1 atom stereocenters. The largest absolute Gasteiger partial charge is 0.339 e. The van der Waals surface area contributed by atoms with Crippen LogP contribution >= 0.6 is 0 Å². The topological polar surface area (TPSA) is 88.0 Å². The van der Waals surface area contributed by atoms with Crippen LogP contribution in [0.1, 0.15) is 19.8 Å². The average molecular weight is 315 g/mol. The number of carbonyl (C=O) groups excluding carboxylic acids is 1. The van der Waals surface area contributed by atoms with Gasteiger partial charge < -0.3 is 15.5 Å². The molecule has 8 heteroatoms. The number of aromatic nitrogens is 4. The quantitative estimate of drug-likeness (QED) is 0.892. The third-order valence-electron chi connectivity index (χ3n) is 3.81. The van der Waals surface area contributed by atoms with Crippen LogP contribution in [0.2, 0.25) is 0 Å². The van der Waals surface area contributed by atoms with Gasteiger partial charge in [-0.1, -0.05) is 0 Å². The molecule has 1 fully saturated rings. The predicted octanol–water partition coefficient (Wildman–Crippen LogP) is 1.48. The highest BCUT2D eigenvalue weighted by Crippen LogP contribution is 2.15. The van der Waals surface area contributed by atoms with Gasteiger partial charge >= 0.3 is 6.03 Å². The van der Waals surface area contributed by atoms with Crippen LogP contribution in [0.3, 0.4) is 0 Å². The summed E-state index contributed by atoms with van der Waals surface area (Å²) in [5.41, 5.74) is 0.698. The smallest absolute Gasteiger partial charge is 0.319 e. The molecule has 2 aromatic heterocycles. The summed E-state index contributed by atoms with van der Waals surface area (Å²) in [5.74, 6) is 0.712. The van der Waals surface area contributed by atoms with Crippen LogP contribution in [0.15, 0.2) is 30.9 Å². The van der Waals surface area contributed by atoms with Crippen molar-refractivity contribution in [1.29, 1.82) is 0 Å². The fourth-order valence-corrected chi connectivity index (χ4v) is 2.68. The summed E-state index contributed by atoms with van der Waals surface area (Å²) >= 11 is 0. The Morgan fingerprint density at radius 3 is 2.96 bits per heavy atom. The molecule has 8 nitrogen and oxygen atoms in total. The van der Waals surface area contributed by atoms with Crippen molar-refractivity contribution in [1.82, 2.24) is 25.1 Å². The number of nitrogens with one attached hydrogen (secondary N) is 2.